The van der Waals surface area contributed by atoms with Crippen molar-refractivity contribution in [3.05, 3.63) is 96.1 Å². The number of para-hydroxylation sites is 2. The van der Waals surface area contributed by atoms with Crippen LogP contribution in [0.4, 0.5) is 5.69 Å². The molecule has 116 valence electrons. The van der Waals surface area contributed by atoms with Crippen LogP contribution < -0.4 is 10.3 Å². The Morgan fingerprint density at radius 3 is 1.96 bits per heavy atom. The number of rotatable bonds is 5. The quantitative estimate of drug-likeness (QED) is 0.636. The van der Waals surface area contributed by atoms with E-state index in [2.05, 4.69) is 55.7 Å². The van der Waals surface area contributed by atoms with Gasteiger partial charge in [0.15, 0.2) is 5.75 Å². The number of hydrogen-bond acceptors (Lipinski definition) is 2. The Kier molecular flexibility index (Phi) is 4.33. The van der Waals surface area contributed by atoms with Gasteiger partial charge in [-0.3, -0.25) is 0 Å². The summed E-state index contributed by atoms with van der Waals surface area (Å²) in [4.78, 5) is 5.88. The minimum Gasteiger partial charge on any atom is -0.382 e. The van der Waals surface area contributed by atoms with Gasteiger partial charge in [-0.05, 0) is 23.8 Å². The topological polar surface area (TPSA) is 21.3 Å². The molecule has 0 aromatic heterocycles. The van der Waals surface area contributed by atoms with Crippen LogP contribution in [0, 0.1) is 0 Å². The molecule has 0 amide bonds. The lowest BCUT2D eigenvalue weighted by molar-refractivity contribution is 0.392. The molecule has 0 fully saturated rings. The first kappa shape index (κ1) is 15.2. The summed E-state index contributed by atoms with van der Waals surface area (Å²) in [7, 11) is 0. The van der Waals surface area contributed by atoms with Crippen LogP contribution in [0.25, 0.3) is 0 Å². The van der Waals surface area contributed by atoms with Crippen LogP contribution in [0.3, 0.4) is 0 Å². The van der Waals surface area contributed by atoms with E-state index < -0.39 is 0 Å². The van der Waals surface area contributed by atoms with E-state index in [4.69, 9.17) is 4.84 Å². The largest absolute Gasteiger partial charge is 0.382 e. The Hall–Kier alpha value is -2.74. The molecule has 0 radical (unpaired) electrons. The maximum absolute atomic E-state index is 5.88. The summed E-state index contributed by atoms with van der Waals surface area (Å²) >= 11 is 0. The normalized spacial score (nSPS) is 11.0. The molecule has 0 bridgehead atoms. The summed E-state index contributed by atoms with van der Waals surface area (Å²) in [5, 5.41) is 0. The minimum absolute atomic E-state index is 0.143. The number of hydrogen-bond donors (Lipinski definition) is 1. The highest BCUT2D eigenvalue weighted by molar-refractivity contribution is 5.47. The van der Waals surface area contributed by atoms with E-state index in [1.165, 1.54) is 5.56 Å². The Balaban J connectivity index is 1.89. The summed E-state index contributed by atoms with van der Waals surface area (Å²) in [6, 6.07) is 28.5. The zero-order chi connectivity index (χ0) is 16.1. The molecule has 0 heterocycles. The predicted molar refractivity (Wildman–Crippen MR) is 95.7 cm³/mol. The van der Waals surface area contributed by atoms with Gasteiger partial charge in [0.05, 0.1) is 5.69 Å². The standard InChI is InChI=1S/C21H21NO/c1-21(2,17-11-5-3-6-12-17)19-15-9-10-16-20(19)23-22-18-13-7-4-8-14-18/h3-16,22H,1-2H3. The van der Waals surface area contributed by atoms with Crippen LogP contribution in [0.5, 0.6) is 5.75 Å². The first-order chi connectivity index (χ1) is 11.2. The van der Waals surface area contributed by atoms with E-state index in [0.29, 0.717) is 0 Å². The zero-order valence-electron chi connectivity index (χ0n) is 13.5. The number of anilines is 1. The van der Waals surface area contributed by atoms with Crippen molar-refractivity contribution in [1.82, 2.24) is 0 Å². The molecular weight excluding hydrogens is 282 g/mol. The Labute approximate surface area is 137 Å². The summed E-state index contributed by atoms with van der Waals surface area (Å²) in [6.07, 6.45) is 0. The van der Waals surface area contributed by atoms with E-state index in [-0.39, 0.29) is 5.41 Å². The fourth-order valence-corrected chi connectivity index (χ4v) is 2.70. The number of nitrogens with one attached hydrogen (secondary N) is 1. The molecular formula is C21H21NO. The summed E-state index contributed by atoms with van der Waals surface area (Å²) in [5.41, 5.74) is 6.22. The van der Waals surface area contributed by atoms with Gasteiger partial charge in [-0.15, -0.1) is 0 Å². The summed E-state index contributed by atoms with van der Waals surface area (Å²) in [5.74, 6) is 0.838. The molecule has 3 aromatic carbocycles. The minimum atomic E-state index is -0.143. The van der Waals surface area contributed by atoms with Gasteiger partial charge < -0.3 is 4.84 Å². The van der Waals surface area contributed by atoms with E-state index in [1.807, 2.05) is 48.5 Å². The molecule has 1 N–H and O–H groups in total. The average Bonchev–Trinajstić information content (AvgIpc) is 2.62. The molecule has 2 nitrogen and oxygen atoms in total. The molecule has 3 rings (SSSR count). The highest BCUT2D eigenvalue weighted by Gasteiger charge is 2.26. The monoisotopic (exact) mass is 303 g/mol. The second kappa shape index (κ2) is 6.57. The van der Waals surface area contributed by atoms with Crippen molar-refractivity contribution in [2.45, 2.75) is 19.3 Å². The van der Waals surface area contributed by atoms with Crippen LogP contribution in [0.15, 0.2) is 84.9 Å². The highest BCUT2D eigenvalue weighted by Crippen LogP contribution is 2.37. The molecule has 3 aromatic rings. The Bertz CT molecular complexity index is 751. The lowest BCUT2D eigenvalue weighted by Gasteiger charge is -2.28. The fraction of sp³-hybridized carbons (Fsp3) is 0.143. The first-order valence-electron chi connectivity index (χ1n) is 7.81. The summed E-state index contributed by atoms with van der Waals surface area (Å²) < 4.78 is 0. The molecule has 0 spiro atoms. The van der Waals surface area contributed by atoms with Crippen molar-refractivity contribution in [2.24, 2.45) is 0 Å². The van der Waals surface area contributed by atoms with Gasteiger partial charge >= 0.3 is 0 Å². The molecule has 0 atom stereocenters. The maximum Gasteiger partial charge on any atom is 0.159 e. The third-order valence-corrected chi connectivity index (χ3v) is 4.11. The second-order valence-corrected chi connectivity index (χ2v) is 6.06. The van der Waals surface area contributed by atoms with Gasteiger partial charge in [-0.2, -0.15) is 0 Å². The molecule has 0 unspecified atom stereocenters. The average molecular weight is 303 g/mol. The van der Waals surface area contributed by atoms with Crippen molar-refractivity contribution < 1.29 is 4.84 Å². The van der Waals surface area contributed by atoms with E-state index in [0.717, 1.165) is 17.0 Å². The third kappa shape index (κ3) is 3.37. The SMILES string of the molecule is CC(C)(c1ccccc1)c1ccccc1ONc1ccccc1. The van der Waals surface area contributed by atoms with Crippen LogP contribution >= 0.6 is 0 Å². The predicted octanol–water partition coefficient (Wildman–Crippen LogP) is 5.42. The molecule has 0 aliphatic rings. The number of benzene rings is 3. The van der Waals surface area contributed by atoms with Crippen LogP contribution in [0.2, 0.25) is 0 Å². The van der Waals surface area contributed by atoms with Crippen molar-refractivity contribution in [3.63, 3.8) is 0 Å². The highest BCUT2D eigenvalue weighted by atomic mass is 16.6. The first-order valence-corrected chi connectivity index (χ1v) is 7.81. The van der Waals surface area contributed by atoms with Crippen LogP contribution in [0.1, 0.15) is 25.0 Å². The van der Waals surface area contributed by atoms with Gasteiger partial charge in [-0.25, -0.2) is 5.48 Å². The lowest BCUT2D eigenvalue weighted by Crippen LogP contribution is -2.21. The van der Waals surface area contributed by atoms with Gasteiger partial charge in [-0.1, -0.05) is 80.6 Å². The maximum atomic E-state index is 5.88. The van der Waals surface area contributed by atoms with Crippen molar-refractivity contribution in [2.75, 3.05) is 5.48 Å². The van der Waals surface area contributed by atoms with Crippen molar-refractivity contribution in [3.8, 4) is 5.75 Å². The zero-order valence-corrected chi connectivity index (χ0v) is 13.5. The molecule has 0 saturated carbocycles. The van der Waals surface area contributed by atoms with Crippen molar-refractivity contribution >= 4 is 5.69 Å². The smallest absolute Gasteiger partial charge is 0.159 e. The molecule has 2 heteroatoms. The molecule has 0 saturated heterocycles. The third-order valence-electron chi connectivity index (χ3n) is 4.11. The fourth-order valence-electron chi connectivity index (χ4n) is 2.70. The molecule has 23 heavy (non-hydrogen) atoms. The van der Waals surface area contributed by atoms with Gasteiger partial charge in [0.2, 0.25) is 0 Å². The van der Waals surface area contributed by atoms with E-state index in [1.54, 1.807) is 0 Å². The second-order valence-electron chi connectivity index (χ2n) is 6.06. The van der Waals surface area contributed by atoms with Gasteiger partial charge in [0.1, 0.15) is 0 Å². The molecule has 0 aliphatic heterocycles. The van der Waals surface area contributed by atoms with E-state index in [9.17, 15) is 0 Å². The van der Waals surface area contributed by atoms with E-state index >= 15 is 0 Å². The van der Waals surface area contributed by atoms with Crippen LogP contribution in [-0.2, 0) is 5.41 Å². The summed E-state index contributed by atoms with van der Waals surface area (Å²) in [6.45, 7) is 4.43. The van der Waals surface area contributed by atoms with Gasteiger partial charge in [0, 0.05) is 11.0 Å². The Morgan fingerprint density at radius 1 is 0.696 bits per heavy atom. The lowest BCUT2D eigenvalue weighted by atomic mass is 9.78. The molecule has 0 aliphatic carbocycles. The van der Waals surface area contributed by atoms with Crippen LogP contribution in [-0.4, -0.2) is 0 Å². The Morgan fingerprint density at radius 2 is 1.26 bits per heavy atom. The van der Waals surface area contributed by atoms with Crippen molar-refractivity contribution in [1.29, 1.82) is 0 Å². The van der Waals surface area contributed by atoms with Gasteiger partial charge in [0.25, 0.3) is 0 Å².